The number of hydrogen-bond acceptors (Lipinski definition) is 6. The molecule has 1 aliphatic rings. The standard InChI is InChI=1S/C11H19N5O/c1-15(2)6-8-5-9(17)7-16(8)11-10(12)13-3-4-14-11/h3-4,8-9,17H,5-7H2,1-2H3,(H2,12,13). The molecule has 0 bridgehead atoms. The first-order chi connectivity index (χ1) is 8.08. The third kappa shape index (κ3) is 2.65. The lowest BCUT2D eigenvalue weighted by Crippen LogP contribution is -2.38. The highest BCUT2D eigenvalue weighted by atomic mass is 16.3. The Morgan fingerprint density at radius 2 is 2.18 bits per heavy atom. The van der Waals surface area contributed by atoms with Crippen molar-refractivity contribution < 1.29 is 5.11 Å². The Kier molecular flexibility index (Phi) is 3.44. The van der Waals surface area contributed by atoms with E-state index in [1.165, 1.54) is 0 Å². The van der Waals surface area contributed by atoms with Crippen LogP contribution in [0.3, 0.4) is 0 Å². The summed E-state index contributed by atoms with van der Waals surface area (Å²) in [5.74, 6) is 1.10. The summed E-state index contributed by atoms with van der Waals surface area (Å²) < 4.78 is 0. The van der Waals surface area contributed by atoms with Crippen molar-refractivity contribution in [3.05, 3.63) is 12.4 Å². The van der Waals surface area contributed by atoms with Crippen LogP contribution in [0.5, 0.6) is 0 Å². The van der Waals surface area contributed by atoms with Crippen LogP contribution in [0, 0.1) is 0 Å². The van der Waals surface area contributed by atoms with Gasteiger partial charge in [-0.25, -0.2) is 9.97 Å². The highest BCUT2D eigenvalue weighted by molar-refractivity contribution is 5.58. The highest BCUT2D eigenvalue weighted by Gasteiger charge is 2.33. The fourth-order valence-corrected chi connectivity index (χ4v) is 2.31. The summed E-state index contributed by atoms with van der Waals surface area (Å²) >= 11 is 0. The van der Waals surface area contributed by atoms with E-state index >= 15 is 0 Å². The minimum Gasteiger partial charge on any atom is -0.391 e. The van der Waals surface area contributed by atoms with Gasteiger partial charge >= 0.3 is 0 Å². The molecule has 0 saturated carbocycles. The van der Waals surface area contributed by atoms with E-state index in [-0.39, 0.29) is 12.1 Å². The molecular weight excluding hydrogens is 218 g/mol. The molecule has 6 heteroatoms. The second-order valence-electron chi connectivity index (χ2n) is 4.72. The number of likely N-dealkylation sites (N-methyl/N-ethyl adjacent to an activating group) is 1. The molecule has 1 saturated heterocycles. The van der Waals surface area contributed by atoms with Crippen LogP contribution in [0.15, 0.2) is 12.4 Å². The Labute approximate surface area is 101 Å². The first-order valence-corrected chi connectivity index (χ1v) is 5.74. The third-order valence-electron chi connectivity index (χ3n) is 2.95. The molecule has 94 valence electrons. The van der Waals surface area contributed by atoms with Crippen molar-refractivity contribution in [1.82, 2.24) is 14.9 Å². The Bertz CT molecular complexity index is 384. The molecule has 2 unspecified atom stereocenters. The molecule has 1 aromatic rings. The number of nitrogen functional groups attached to an aromatic ring is 1. The quantitative estimate of drug-likeness (QED) is 0.742. The number of anilines is 2. The van der Waals surface area contributed by atoms with Crippen molar-refractivity contribution >= 4 is 11.6 Å². The normalized spacial score (nSPS) is 24.6. The largest absolute Gasteiger partial charge is 0.391 e. The van der Waals surface area contributed by atoms with Gasteiger partial charge in [0, 0.05) is 31.5 Å². The van der Waals surface area contributed by atoms with Crippen molar-refractivity contribution in [3.63, 3.8) is 0 Å². The number of hydrogen-bond donors (Lipinski definition) is 2. The van der Waals surface area contributed by atoms with Crippen LogP contribution in [-0.2, 0) is 0 Å². The molecule has 1 fully saturated rings. The van der Waals surface area contributed by atoms with Crippen molar-refractivity contribution in [3.8, 4) is 0 Å². The number of nitrogens with two attached hydrogens (primary N) is 1. The maximum Gasteiger partial charge on any atom is 0.171 e. The average molecular weight is 237 g/mol. The molecule has 1 aromatic heterocycles. The fraction of sp³-hybridized carbons (Fsp3) is 0.636. The maximum absolute atomic E-state index is 9.79. The second kappa shape index (κ2) is 4.85. The first-order valence-electron chi connectivity index (χ1n) is 5.74. The lowest BCUT2D eigenvalue weighted by molar-refractivity contribution is 0.191. The molecule has 1 aliphatic heterocycles. The minimum atomic E-state index is -0.318. The van der Waals surface area contributed by atoms with Crippen LogP contribution in [-0.4, -0.2) is 59.3 Å². The number of aromatic nitrogens is 2. The van der Waals surface area contributed by atoms with Crippen LogP contribution in [0.25, 0.3) is 0 Å². The van der Waals surface area contributed by atoms with Gasteiger partial charge < -0.3 is 20.6 Å². The van der Waals surface area contributed by atoms with Crippen molar-refractivity contribution in [2.24, 2.45) is 0 Å². The molecule has 6 nitrogen and oxygen atoms in total. The fourth-order valence-electron chi connectivity index (χ4n) is 2.31. The van der Waals surface area contributed by atoms with Crippen LogP contribution in [0.1, 0.15) is 6.42 Å². The van der Waals surface area contributed by atoms with Crippen LogP contribution >= 0.6 is 0 Å². The van der Waals surface area contributed by atoms with Crippen LogP contribution < -0.4 is 10.6 Å². The minimum absolute atomic E-state index is 0.235. The SMILES string of the molecule is CN(C)CC1CC(O)CN1c1nccnc1N. The summed E-state index contributed by atoms with van der Waals surface area (Å²) in [6, 6.07) is 0.235. The molecule has 2 atom stereocenters. The molecule has 17 heavy (non-hydrogen) atoms. The van der Waals surface area contributed by atoms with Crippen LogP contribution in [0.2, 0.25) is 0 Å². The van der Waals surface area contributed by atoms with Crippen molar-refractivity contribution in [1.29, 1.82) is 0 Å². The first kappa shape index (κ1) is 12.1. The average Bonchev–Trinajstić information content (AvgIpc) is 2.59. The number of rotatable bonds is 3. The van der Waals surface area contributed by atoms with E-state index in [9.17, 15) is 5.11 Å². The van der Waals surface area contributed by atoms with E-state index in [0.717, 1.165) is 13.0 Å². The van der Waals surface area contributed by atoms with Crippen LogP contribution in [0.4, 0.5) is 11.6 Å². The number of β-amino-alcohol motifs (C(OH)–C–C–N with tert-alkyl or cyclic N) is 1. The van der Waals surface area contributed by atoms with Gasteiger partial charge in [-0.1, -0.05) is 0 Å². The van der Waals surface area contributed by atoms with Crippen molar-refractivity contribution in [2.45, 2.75) is 18.6 Å². The summed E-state index contributed by atoms with van der Waals surface area (Å²) in [7, 11) is 4.03. The van der Waals surface area contributed by atoms with Gasteiger partial charge in [0.2, 0.25) is 0 Å². The maximum atomic E-state index is 9.79. The number of aliphatic hydroxyl groups is 1. The molecule has 0 aliphatic carbocycles. The Hall–Kier alpha value is -1.40. The van der Waals surface area contributed by atoms with Gasteiger partial charge in [-0.05, 0) is 20.5 Å². The number of aliphatic hydroxyl groups excluding tert-OH is 1. The molecule has 0 aromatic carbocycles. The number of nitrogens with zero attached hydrogens (tertiary/aromatic N) is 4. The molecule has 3 N–H and O–H groups in total. The van der Waals surface area contributed by atoms with Gasteiger partial charge in [0.05, 0.1) is 6.10 Å². The molecular formula is C11H19N5O. The summed E-state index contributed by atoms with van der Waals surface area (Å²) in [6.07, 6.45) is 3.63. The van der Waals surface area contributed by atoms with E-state index in [1.54, 1.807) is 12.4 Å². The predicted octanol–water partition coefficient (Wildman–Crippen LogP) is -0.440. The Morgan fingerprint density at radius 1 is 1.47 bits per heavy atom. The van der Waals surface area contributed by atoms with Gasteiger partial charge in [0.15, 0.2) is 11.6 Å². The lowest BCUT2D eigenvalue weighted by Gasteiger charge is -2.27. The van der Waals surface area contributed by atoms with E-state index in [0.29, 0.717) is 18.2 Å². The van der Waals surface area contributed by atoms with Gasteiger partial charge in [0.1, 0.15) is 0 Å². The summed E-state index contributed by atoms with van der Waals surface area (Å²) in [5.41, 5.74) is 5.83. The van der Waals surface area contributed by atoms with Gasteiger partial charge in [-0.2, -0.15) is 0 Å². The lowest BCUT2D eigenvalue weighted by atomic mass is 10.2. The van der Waals surface area contributed by atoms with E-state index in [2.05, 4.69) is 14.9 Å². The molecule has 0 amide bonds. The monoisotopic (exact) mass is 237 g/mol. The summed E-state index contributed by atoms with van der Waals surface area (Å²) in [5, 5.41) is 9.79. The van der Waals surface area contributed by atoms with E-state index < -0.39 is 0 Å². The van der Waals surface area contributed by atoms with Gasteiger partial charge in [0.25, 0.3) is 0 Å². The predicted molar refractivity (Wildman–Crippen MR) is 66.8 cm³/mol. The molecule has 2 rings (SSSR count). The summed E-state index contributed by atoms with van der Waals surface area (Å²) in [6.45, 7) is 1.44. The zero-order chi connectivity index (χ0) is 12.4. The molecule has 0 spiro atoms. The zero-order valence-corrected chi connectivity index (χ0v) is 10.2. The molecule has 0 radical (unpaired) electrons. The second-order valence-corrected chi connectivity index (χ2v) is 4.72. The van der Waals surface area contributed by atoms with Gasteiger partial charge in [-0.3, -0.25) is 0 Å². The molecule has 2 heterocycles. The van der Waals surface area contributed by atoms with Crippen molar-refractivity contribution in [2.75, 3.05) is 37.8 Å². The van der Waals surface area contributed by atoms with E-state index in [4.69, 9.17) is 5.73 Å². The highest BCUT2D eigenvalue weighted by Crippen LogP contribution is 2.27. The smallest absolute Gasteiger partial charge is 0.171 e. The van der Waals surface area contributed by atoms with Gasteiger partial charge in [-0.15, -0.1) is 0 Å². The Morgan fingerprint density at radius 3 is 2.82 bits per heavy atom. The third-order valence-corrected chi connectivity index (χ3v) is 2.95. The summed E-state index contributed by atoms with van der Waals surface area (Å²) in [4.78, 5) is 12.4. The Balaban J connectivity index is 2.21. The topological polar surface area (TPSA) is 78.5 Å². The zero-order valence-electron chi connectivity index (χ0n) is 10.2. The van der Waals surface area contributed by atoms with E-state index in [1.807, 2.05) is 19.0 Å².